The van der Waals surface area contributed by atoms with Crippen LogP contribution in [0.25, 0.3) is 0 Å². The topological polar surface area (TPSA) is 78.0 Å². The Morgan fingerprint density at radius 1 is 1.47 bits per heavy atom. The van der Waals surface area contributed by atoms with Crippen molar-refractivity contribution in [2.24, 2.45) is 5.84 Å². The SMILES string of the molecule is COCCn1ncc(Cl)c1C(NN)c1ccncc1. The standard InChI is InChI=1S/C12H16ClN5O/c1-19-7-6-18-12(10(13)8-16-18)11(17-14)9-2-4-15-5-3-9/h2-5,8,11,17H,6-7,14H2,1H3. The van der Waals surface area contributed by atoms with E-state index >= 15 is 0 Å². The van der Waals surface area contributed by atoms with Gasteiger partial charge in [-0.15, -0.1) is 0 Å². The first kappa shape index (κ1) is 14.0. The number of nitrogens with zero attached hydrogens (tertiary/aromatic N) is 3. The fourth-order valence-corrected chi connectivity index (χ4v) is 2.15. The van der Waals surface area contributed by atoms with Gasteiger partial charge in [0.1, 0.15) is 0 Å². The van der Waals surface area contributed by atoms with Crippen molar-refractivity contribution in [3.05, 3.63) is 47.0 Å². The summed E-state index contributed by atoms with van der Waals surface area (Å²) < 4.78 is 6.85. The maximum Gasteiger partial charge on any atom is 0.0894 e. The van der Waals surface area contributed by atoms with Crippen LogP contribution in [0, 0.1) is 0 Å². The van der Waals surface area contributed by atoms with Crippen molar-refractivity contribution in [3.8, 4) is 0 Å². The molecule has 2 aromatic rings. The molecule has 0 aliphatic carbocycles. The van der Waals surface area contributed by atoms with Gasteiger partial charge in [-0.05, 0) is 17.7 Å². The normalized spacial score (nSPS) is 12.6. The summed E-state index contributed by atoms with van der Waals surface area (Å²) in [4.78, 5) is 3.99. The summed E-state index contributed by atoms with van der Waals surface area (Å²) in [6.45, 7) is 1.17. The number of nitrogens with two attached hydrogens (primary N) is 1. The molecule has 0 aliphatic rings. The van der Waals surface area contributed by atoms with E-state index in [1.54, 1.807) is 30.4 Å². The minimum atomic E-state index is -0.241. The Kier molecular flexibility index (Phi) is 4.86. The first-order chi connectivity index (χ1) is 9.27. The fraction of sp³-hybridized carbons (Fsp3) is 0.333. The zero-order valence-corrected chi connectivity index (χ0v) is 11.3. The average Bonchev–Trinajstić information content (AvgIpc) is 2.80. The third-order valence-electron chi connectivity index (χ3n) is 2.82. The van der Waals surface area contributed by atoms with Crippen molar-refractivity contribution in [1.29, 1.82) is 0 Å². The molecule has 3 N–H and O–H groups in total. The molecule has 0 spiro atoms. The fourth-order valence-electron chi connectivity index (χ4n) is 1.90. The Bertz CT molecular complexity index is 516. The molecule has 7 heteroatoms. The summed E-state index contributed by atoms with van der Waals surface area (Å²) >= 11 is 6.21. The number of ether oxygens (including phenoxy) is 1. The second-order valence-corrected chi connectivity index (χ2v) is 4.38. The lowest BCUT2D eigenvalue weighted by atomic mass is 10.1. The first-order valence-corrected chi connectivity index (χ1v) is 6.22. The summed E-state index contributed by atoms with van der Waals surface area (Å²) in [5, 5.41) is 4.81. The molecule has 1 unspecified atom stereocenters. The summed E-state index contributed by atoms with van der Waals surface area (Å²) in [6.07, 6.45) is 5.03. The predicted octanol–water partition coefficient (Wildman–Crippen LogP) is 1.13. The molecule has 0 amide bonds. The predicted molar refractivity (Wildman–Crippen MR) is 72.5 cm³/mol. The monoisotopic (exact) mass is 281 g/mol. The van der Waals surface area contributed by atoms with Crippen molar-refractivity contribution in [2.45, 2.75) is 12.6 Å². The minimum absolute atomic E-state index is 0.241. The second-order valence-electron chi connectivity index (χ2n) is 3.97. The minimum Gasteiger partial charge on any atom is -0.383 e. The van der Waals surface area contributed by atoms with E-state index in [1.807, 2.05) is 12.1 Å². The van der Waals surface area contributed by atoms with E-state index < -0.39 is 0 Å². The lowest BCUT2D eigenvalue weighted by molar-refractivity contribution is 0.182. The number of aromatic nitrogens is 3. The highest BCUT2D eigenvalue weighted by Crippen LogP contribution is 2.27. The van der Waals surface area contributed by atoms with E-state index in [1.165, 1.54) is 0 Å². The molecule has 102 valence electrons. The first-order valence-electron chi connectivity index (χ1n) is 5.84. The molecular weight excluding hydrogens is 266 g/mol. The smallest absolute Gasteiger partial charge is 0.0894 e. The van der Waals surface area contributed by atoms with Gasteiger partial charge in [0.25, 0.3) is 0 Å². The van der Waals surface area contributed by atoms with E-state index in [0.29, 0.717) is 18.2 Å². The molecule has 0 saturated carbocycles. The van der Waals surface area contributed by atoms with Crippen LogP contribution in [0.3, 0.4) is 0 Å². The number of methoxy groups -OCH3 is 1. The van der Waals surface area contributed by atoms with Crippen LogP contribution >= 0.6 is 11.6 Å². The molecule has 0 aromatic carbocycles. The summed E-state index contributed by atoms with van der Waals surface area (Å²) in [5.74, 6) is 5.66. The van der Waals surface area contributed by atoms with E-state index in [4.69, 9.17) is 22.2 Å². The number of nitrogens with one attached hydrogen (secondary N) is 1. The lowest BCUT2D eigenvalue weighted by Crippen LogP contribution is -2.31. The van der Waals surface area contributed by atoms with Crippen LogP contribution in [0.2, 0.25) is 5.02 Å². The van der Waals surface area contributed by atoms with Crippen LogP contribution < -0.4 is 11.3 Å². The van der Waals surface area contributed by atoms with Crippen LogP contribution in [0.4, 0.5) is 0 Å². The number of halogens is 1. The van der Waals surface area contributed by atoms with Gasteiger partial charge < -0.3 is 4.74 Å². The largest absolute Gasteiger partial charge is 0.383 e. The zero-order valence-electron chi connectivity index (χ0n) is 10.6. The van der Waals surface area contributed by atoms with Crippen LogP contribution in [0.5, 0.6) is 0 Å². The maximum atomic E-state index is 6.21. The Hall–Kier alpha value is -1.47. The quantitative estimate of drug-likeness (QED) is 0.613. The second kappa shape index (κ2) is 6.63. The third kappa shape index (κ3) is 3.10. The molecule has 1 atom stereocenters. The van der Waals surface area contributed by atoms with E-state index in [0.717, 1.165) is 11.3 Å². The number of pyridine rings is 1. The molecule has 0 radical (unpaired) electrons. The molecular formula is C12H16ClN5O. The van der Waals surface area contributed by atoms with Crippen LogP contribution in [-0.4, -0.2) is 28.5 Å². The number of rotatable bonds is 6. The zero-order chi connectivity index (χ0) is 13.7. The van der Waals surface area contributed by atoms with Gasteiger partial charge in [-0.3, -0.25) is 15.5 Å². The van der Waals surface area contributed by atoms with Gasteiger partial charge in [-0.2, -0.15) is 5.10 Å². The molecule has 0 bridgehead atoms. The molecule has 2 heterocycles. The van der Waals surface area contributed by atoms with Gasteiger partial charge in [0.05, 0.1) is 36.1 Å². The summed E-state index contributed by atoms with van der Waals surface area (Å²) in [7, 11) is 1.65. The van der Waals surface area contributed by atoms with Gasteiger partial charge in [-0.25, -0.2) is 5.43 Å². The maximum absolute atomic E-state index is 6.21. The Labute approximate surface area is 116 Å². The van der Waals surface area contributed by atoms with Crippen molar-refractivity contribution in [2.75, 3.05) is 13.7 Å². The lowest BCUT2D eigenvalue weighted by Gasteiger charge is -2.18. The van der Waals surface area contributed by atoms with Gasteiger partial charge in [-0.1, -0.05) is 11.6 Å². The molecule has 0 aliphatic heterocycles. The summed E-state index contributed by atoms with van der Waals surface area (Å²) in [5.41, 5.74) is 4.55. The van der Waals surface area contributed by atoms with E-state index in [2.05, 4.69) is 15.5 Å². The van der Waals surface area contributed by atoms with Gasteiger partial charge >= 0.3 is 0 Å². The highest BCUT2D eigenvalue weighted by Gasteiger charge is 2.20. The van der Waals surface area contributed by atoms with Crippen molar-refractivity contribution >= 4 is 11.6 Å². The van der Waals surface area contributed by atoms with Crippen molar-refractivity contribution in [3.63, 3.8) is 0 Å². The molecule has 0 saturated heterocycles. The Balaban J connectivity index is 2.35. The van der Waals surface area contributed by atoms with Gasteiger partial charge in [0.15, 0.2) is 0 Å². The summed E-state index contributed by atoms with van der Waals surface area (Å²) in [6, 6.07) is 3.53. The third-order valence-corrected chi connectivity index (χ3v) is 3.11. The van der Waals surface area contributed by atoms with Gasteiger partial charge in [0, 0.05) is 19.5 Å². The molecule has 2 rings (SSSR count). The van der Waals surface area contributed by atoms with Crippen molar-refractivity contribution in [1.82, 2.24) is 20.2 Å². The van der Waals surface area contributed by atoms with Crippen LogP contribution in [-0.2, 0) is 11.3 Å². The van der Waals surface area contributed by atoms with E-state index in [9.17, 15) is 0 Å². The highest BCUT2D eigenvalue weighted by molar-refractivity contribution is 6.31. The molecule has 19 heavy (non-hydrogen) atoms. The van der Waals surface area contributed by atoms with E-state index in [-0.39, 0.29) is 6.04 Å². The highest BCUT2D eigenvalue weighted by atomic mass is 35.5. The molecule has 0 fully saturated rings. The Morgan fingerprint density at radius 2 is 2.21 bits per heavy atom. The molecule has 2 aromatic heterocycles. The number of hydrogen-bond acceptors (Lipinski definition) is 5. The average molecular weight is 282 g/mol. The van der Waals surface area contributed by atoms with Crippen LogP contribution in [0.15, 0.2) is 30.7 Å². The Morgan fingerprint density at radius 3 is 2.84 bits per heavy atom. The number of hydrogen-bond donors (Lipinski definition) is 2. The van der Waals surface area contributed by atoms with Crippen molar-refractivity contribution < 1.29 is 4.74 Å². The molecule has 6 nitrogen and oxygen atoms in total. The number of hydrazine groups is 1. The van der Waals surface area contributed by atoms with Crippen LogP contribution in [0.1, 0.15) is 17.3 Å². The van der Waals surface area contributed by atoms with Gasteiger partial charge in [0.2, 0.25) is 0 Å².